The first kappa shape index (κ1) is 29.3. The Kier molecular flexibility index (Phi) is 11.9. The normalized spacial score (nSPS) is 17.8. The lowest BCUT2D eigenvalue weighted by molar-refractivity contribution is -0.134. The maximum atomic E-state index is 13.7. The van der Waals surface area contributed by atoms with Crippen LogP contribution in [0.1, 0.15) is 67.1 Å². The van der Waals surface area contributed by atoms with E-state index in [2.05, 4.69) is 24.0 Å². The molecule has 1 aromatic heterocycles. The Morgan fingerprint density at radius 3 is 2.51 bits per heavy atom. The number of benzene rings is 1. The fraction of sp³-hybridized carbons (Fsp3) is 0.613. The zero-order valence-corrected chi connectivity index (χ0v) is 23.5. The highest BCUT2D eigenvalue weighted by atomic mass is 16.5. The molecule has 2 aromatic rings. The van der Waals surface area contributed by atoms with Crippen molar-refractivity contribution in [3.05, 3.63) is 59.5 Å². The lowest BCUT2D eigenvalue weighted by Crippen LogP contribution is -2.46. The third-order valence-corrected chi connectivity index (χ3v) is 7.62. The highest BCUT2D eigenvalue weighted by molar-refractivity contribution is 5.96. The quantitative estimate of drug-likeness (QED) is 0.313. The molecule has 2 fully saturated rings. The number of unbranched alkanes of at least 4 members (excludes halogenated alkanes) is 2. The first-order valence-corrected chi connectivity index (χ1v) is 14.7. The van der Waals surface area contributed by atoms with Crippen molar-refractivity contribution in [3.63, 3.8) is 0 Å². The maximum Gasteiger partial charge on any atom is 0.254 e. The van der Waals surface area contributed by atoms with Gasteiger partial charge in [-0.2, -0.15) is 0 Å². The van der Waals surface area contributed by atoms with Crippen LogP contribution >= 0.6 is 0 Å². The molecule has 0 aliphatic carbocycles. The molecule has 39 heavy (non-hydrogen) atoms. The molecular weight excluding hydrogens is 494 g/mol. The Labute approximate surface area is 233 Å². The predicted molar refractivity (Wildman–Crippen MR) is 151 cm³/mol. The number of carbonyl (C=O) groups excluding carboxylic acids is 2. The van der Waals surface area contributed by atoms with Gasteiger partial charge in [0.1, 0.15) is 12.3 Å². The number of hydrogen-bond acceptors (Lipinski definition) is 6. The molecule has 0 bridgehead atoms. The van der Waals surface area contributed by atoms with Gasteiger partial charge < -0.3 is 23.7 Å². The first-order valence-electron chi connectivity index (χ1n) is 14.7. The third-order valence-electron chi connectivity index (χ3n) is 7.62. The Morgan fingerprint density at radius 1 is 1.00 bits per heavy atom. The summed E-state index contributed by atoms with van der Waals surface area (Å²) in [7, 11) is 0. The van der Waals surface area contributed by atoms with Gasteiger partial charge in [-0.1, -0.05) is 31.9 Å². The molecule has 8 nitrogen and oxygen atoms in total. The highest BCUT2D eigenvalue weighted by Gasteiger charge is 2.27. The number of hydrogen-bond donors (Lipinski definition) is 0. The lowest BCUT2D eigenvalue weighted by atomic mass is 10.0. The van der Waals surface area contributed by atoms with E-state index in [1.54, 1.807) is 16.1 Å². The van der Waals surface area contributed by atoms with Gasteiger partial charge in [0.05, 0.1) is 32.1 Å². The van der Waals surface area contributed by atoms with Crippen LogP contribution in [0.2, 0.25) is 0 Å². The fourth-order valence-corrected chi connectivity index (χ4v) is 5.28. The van der Waals surface area contributed by atoms with Crippen molar-refractivity contribution in [2.75, 3.05) is 59.1 Å². The minimum atomic E-state index is -0.0968. The van der Waals surface area contributed by atoms with E-state index in [0.29, 0.717) is 25.2 Å². The van der Waals surface area contributed by atoms with Gasteiger partial charge in [0, 0.05) is 44.9 Å². The van der Waals surface area contributed by atoms with Crippen LogP contribution in [0.3, 0.4) is 0 Å². The van der Waals surface area contributed by atoms with Crippen molar-refractivity contribution in [1.82, 2.24) is 14.7 Å². The summed E-state index contributed by atoms with van der Waals surface area (Å²) in [4.78, 5) is 33.2. The smallest absolute Gasteiger partial charge is 0.254 e. The SMILES string of the molecule is CCCCCc1ccc(C(=O)N(CCCN2CCOCC2)CC(=O)N(Cc2ccco2)CC2CCCO2)cc1. The van der Waals surface area contributed by atoms with E-state index in [-0.39, 0.29) is 24.5 Å². The van der Waals surface area contributed by atoms with Crippen molar-refractivity contribution in [3.8, 4) is 0 Å². The third kappa shape index (κ3) is 9.48. The molecule has 2 amide bonds. The average molecular weight is 540 g/mol. The van der Waals surface area contributed by atoms with Gasteiger partial charge >= 0.3 is 0 Å². The average Bonchev–Trinajstić information content (AvgIpc) is 3.68. The monoisotopic (exact) mass is 539 g/mol. The van der Waals surface area contributed by atoms with E-state index < -0.39 is 0 Å². The van der Waals surface area contributed by atoms with Crippen LogP contribution in [0, 0.1) is 0 Å². The van der Waals surface area contributed by atoms with Crippen LogP contribution in [0.4, 0.5) is 0 Å². The van der Waals surface area contributed by atoms with E-state index >= 15 is 0 Å². The number of rotatable bonds is 15. The second-order valence-electron chi connectivity index (χ2n) is 10.7. The lowest BCUT2D eigenvalue weighted by Gasteiger charge is -2.30. The van der Waals surface area contributed by atoms with Crippen molar-refractivity contribution in [1.29, 1.82) is 0 Å². The summed E-state index contributed by atoms with van der Waals surface area (Å²) in [6.07, 6.45) is 8.97. The standard InChI is InChI=1S/C31H45N3O5/c1-2-3-4-8-26-11-13-27(14-12-26)31(36)33(16-7-15-32-17-21-37-22-18-32)25-30(35)34(23-28-9-5-19-38-28)24-29-10-6-20-39-29/h5,9,11-14,19,29H,2-4,6-8,10,15-18,20-25H2,1H3. The molecule has 2 saturated heterocycles. The van der Waals surface area contributed by atoms with Gasteiger partial charge in [0.2, 0.25) is 5.91 Å². The van der Waals surface area contributed by atoms with Crippen LogP contribution in [0.25, 0.3) is 0 Å². The van der Waals surface area contributed by atoms with E-state index in [1.165, 1.54) is 18.4 Å². The van der Waals surface area contributed by atoms with E-state index in [4.69, 9.17) is 13.9 Å². The second kappa shape index (κ2) is 15.8. The second-order valence-corrected chi connectivity index (χ2v) is 10.7. The van der Waals surface area contributed by atoms with Crippen molar-refractivity contribution in [2.24, 2.45) is 0 Å². The molecule has 2 aliphatic heterocycles. The summed E-state index contributed by atoms with van der Waals surface area (Å²) in [5.41, 5.74) is 1.88. The number of amides is 2. The van der Waals surface area contributed by atoms with Crippen LogP contribution < -0.4 is 0 Å². The summed E-state index contributed by atoms with van der Waals surface area (Å²) in [6, 6.07) is 11.6. The number of ether oxygens (including phenoxy) is 2. The van der Waals surface area contributed by atoms with E-state index in [0.717, 1.165) is 77.3 Å². The van der Waals surface area contributed by atoms with E-state index in [9.17, 15) is 9.59 Å². The van der Waals surface area contributed by atoms with E-state index in [1.807, 2.05) is 24.3 Å². The summed E-state index contributed by atoms with van der Waals surface area (Å²) < 4.78 is 16.8. The van der Waals surface area contributed by atoms with Crippen LogP contribution in [-0.2, 0) is 27.2 Å². The molecule has 2 aliphatic rings. The van der Waals surface area contributed by atoms with Crippen molar-refractivity contribution in [2.45, 2.75) is 64.5 Å². The number of nitrogens with zero attached hydrogens (tertiary/aromatic N) is 3. The fourth-order valence-electron chi connectivity index (χ4n) is 5.28. The number of carbonyl (C=O) groups is 2. The summed E-state index contributed by atoms with van der Waals surface area (Å²) in [5.74, 6) is 0.545. The van der Waals surface area contributed by atoms with Crippen molar-refractivity contribution < 1.29 is 23.5 Å². The molecule has 8 heteroatoms. The van der Waals surface area contributed by atoms with Crippen LogP contribution in [0.5, 0.6) is 0 Å². The Hall–Kier alpha value is -2.68. The summed E-state index contributed by atoms with van der Waals surface area (Å²) in [5, 5.41) is 0. The number of morpholine rings is 1. The topological polar surface area (TPSA) is 75.5 Å². The summed E-state index contributed by atoms with van der Waals surface area (Å²) in [6.45, 7) is 8.55. The molecule has 1 aromatic carbocycles. The molecule has 0 saturated carbocycles. The largest absolute Gasteiger partial charge is 0.467 e. The van der Waals surface area contributed by atoms with Gasteiger partial charge in [-0.25, -0.2) is 0 Å². The Bertz CT molecular complexity index is 982. The van der Waals surface area contributed by atoms with Gasteiger partial charge in [0.15, 0.2) is 0 Å². The molecule has 0 spiro atoms. The molecule has 1 atom stereocenters. The Morgan fingerprint density at radius 2 is 1.82 bits per heavy atom. The first-order chi connectivity index (χ1) is 19.1. The van der Waals surface area contributed by atoms with Gasteiger partial charge in [-0.3, -0.25) is 14.5 Å². The summed E-state index contributed by atoms with van der Waals surface area (Å²) >= 11 is 0. The highest BCUT2D eigenvalue weighted by Crippen LogP contribution is 2.17. The molecule has 0 N–H and O–H groups in total. The van der Waals surface area contributed by atoms with Crippen LogP contribution in [0.15, 0.2) is 47.1 Å². The Balaban J connectivity index is 1.43. The molecule has 4 rings (SSSR count). The zero-order valence-electron chi connectivity index (χ0n) is 23.5. The molecular formula is C31H45N3O5. The van der Waals surface area contributed by atoms with Crippen molar-refractivity contribution >= 4 is 11.8 Å². The predicted octanol–water partition coefficient (Wildman–Crippen LogP) is 4.38. The minimum Gasteiger partial charge on any atom is -0.467 e. The van der Waals surface area contributed by atoms with Gasteiger partial charge in [-0.05, 0) is 61.9 Å². The number of furan rings is 1. The zero-order chi connectivity index (χ0) is 27.3. The maximum absolute atomic E-state index is 13.7. The van der Waals surface area contributed by atoms with Crippen LogP contribution in [-0.4, -0.2) is 91.7 Å². The van der Waals surface area contributed by atoms with Gasteiger partial charge in [-0.15, -0.1) is 0 Å². The molecule has 1 unspecified atom stereocenters. The number of aryl methyl sites for hydroxylation is 1. The van der Waals surface area contributed by atoms with Gasteiger partial charge in [0.25, 0.3) is 5.91 Å². The molecule has 3 heterocycles. The molecule has 0 radical (unpaired) electrons. The molecule has 214 valence electrons. The minimum absolute atomic E-state index is 0.0228.